The summed E-state index contributed by atoms with van der Waals surface area (Å²) in [7, 11) is 0. The minimum Gasteiger partial charge on any atom is -0.385 e. The van der Waals surface area contributed by atoms with Gasteiger partial charge in [0.2, 0.25) is 0 Å². The van der Waals surface area contributed by atoms with E-state index in [-0.39, 0.29) is 0 Å². The van der Waals surface area contributed by atoms with Gasteiger partial charge in [0.1, 0.15) is 0 Å². The molecule has 0 aromatic heterocycles. The average molecular weight is 295 g/mol. The third-order valence-corrected chi connectivity index (χ3v) is 3.96. The van der Waals surface area contributed by atoms with E-state index in [1.54, 1.807) is 25.1 Å². The molecule has 1 atom stereocenters. The van der Waals surface area contributed by atoms with Crippen molar-refractivity contribution in [2.24, 2.45) is 0 Å². The topological polar surface area (TPSA) is 20.2 Å². The second-order valence-electron chi connectivity index (χ2n) is 5.02. The number of halogens is 2. The molecule has 19 heavy (non-hydrogen) atoms. The predicted molar refractivity (Wildman–Crippen MR) is 80.9 cm³/mol. The second kappa shape index (κ2) is 5.54. The molecule has 2 aromatic rings. The number of hydrogen-bond acceptors (Lipinski definition) is 1. The van der Waals surface area contributed by atoms with Crippen molar-refractivity contribution < 1.29 is 5.11 Å². The molecule has 0 aliphatic carbocycles. The Labute approximate surface area is 123 Å². The summed E-state index contributed by atoms with van der Waals surface area (Å²) in [4.78, 5) is 0. The first-order valence-corrected chi connectivity index (χ1v) is 6.88. The van der Waals surface area contributed by atoms with Crippen LogP contribution in [-0.2, 0) is 12.0 Å². The van der Waals surface area contributed by atoms with Crippen molar-refractivity contribution in [3.8, 4) is 0 Å². The molecule has 2 rings (SSSR count). The Kier molecular flexibility index (Phi) is 4.19. The Morgan fingerprint density at radius 2 is 1.53 bits per heavy atom. The lowest BCUT2D eigenvalue weighted by Gasteiger charge is -2.25. The molecule has 1 N–H and O–H groups in total. The molecule has 0 saturated carbocycles. The zero-order valence-corrected chi connectivity index (χ0v) is 12.5. The summed E-state index contributed by atoms with van der Waals surface area (Å²) in [5.74, 6) is 0. The first-order chi connectivity index (χ1) is 8.90. The zero-order chi connectivity index (χ0) is 14.0. The van der Waals surface area contributed by atoms with E-state index in [0.29, 0.717) is 16.5 Å². The standard InChI is InChI=1S/C16H16Cl2O/c1-11-6-8-12(9-7-11)16(2,19)10-13-14(17)4-3-5-15(13)18/h3-9,19H,10H2,1-2H3. The van der Waals surface area contributed by atoms with Crippen LogP contribution in [0.5, 0.6) is 0 Å². The number of hydrogen-bond donors (Lipinski definition) is 1. The fraction of sp³-hybridized carbons (Fsp3) is 0.250. The van der Waals surface area contributed by atoms with Gasteiger partial charge < -0.3 is 5.11 Å². The minimum atomic E-state index is -0.998. The third kappa shape index (κ3) is 3.30. The Morgan fingerprint density at radius 3 is 2.05 bits per heavy atom. The second-order valence-corrected chi connectivity index (χ2v) is 5.83. The van der Waals surface area contributed by atoms with Gasteiger partial charge in [-0.1, -0.05) is 59.1 Å². The number of rotatable bonds is 3. The van der Waals surface area contributed by atoms with Crippen molar-refractivity contribution in [2.75, 3.05) is 0 Å². The van der Waals surface area contributed by atoms with Gasteiger partial charge in [0.15, 0.2) is 0 Å². The van der Waals surface area contributed by atoms with Crippen LogP contribution in [0.25, 0.3) is 0 Å². The molecular formula is C16H16Cl2O. The lowest BCUT2D eigenvalue weighted by Crippen LogP contribution is -2.24. The lowest BCUT2D eigenvalue weighted by atomic mass is 9.88. The molecule has 1 nitrogen and oxygen atoms in total. The van der Waals surface area contributed by atoms with Crippen LogP contribution in [0, 0.1) is 6.92 Å². The van der Waals surface area contributed by atoms with Crippen LogP contribution in [0.3, 0.4) is 0 Å². The van der Waals surface area contributed by atoms with E-state index >= 15 is 0 Å². The van der Waals surface area contributed by atoms with Crippen molar-refractivity contribution in [1.82, 2.24) is 0 Å². The van der Waals surface area contributed by atoms with Crippen molar-refractivity contribution in [3.05, 3.63) is 69.2 Å². The van der Waals surface area contributed by atoms with Crippen LogP contribution in [0.2, 0.25) is 10.0 Å². The highest BCUT2D eigenvalue weighted by Crippen LogP contribution is 2.32. The summed E-state index contributed by atoms with van der Waals surface area (Å²) in [6.45, 7) is 3.79. The van der Waals surface area contributed by atoms with Gasteiger partial charge in [-0.15, -0.1) is 0 Å². The Morgan fingerprint density at radius 1 is 1.00 bits per heavy atom. The molecule has 0 spiro atoms. The maximum absolute atomic E-state index is 10.7. The van der Waals surface area contributed by atoms with Gasteiger partial charge in [0.05, 0.1) is 5.60 Å². The normalized spacial score (nSPS) is 14.2. The van der Waals surface area contributed by atoms with E-state index in [9.17, 15) is 5.11 Å². The zero-order valence-electron chi connectivity index (χ0n) is 11.0. The van der Waals surface area contributed by atoms with Crippen LogP contribution in [0.4, 0.5) is 0 Å². The van der Waals surface area contributed by atoms with Crippen molar-refractivity contribution in [2.45, 2.75) is 25.9 Å². The fourth-order valence-corrected chi connectivity index (χ4v) is 2.59. The number of aryl methyl sites for hydroxylation is 1. The third-order valence-electron chi connectivity index (χ3n) is 3.26. The van der Waals surface area contributed by atoms with Gasteiger partial charge in [-0.2, -0.15) is 0 Å². The lowest BCUT2D eigenvalue weighted by molar-refractivity contribution is 0.0576. The largest absolute Gasteiger partial charge is 0.385 e. The van der Waals surface area contributed by atoms with Gasteiger partial charge in [-0.05, 0) is 37.1 Å². The van der Waals surface area contributed by atoms with E-state index in [0.717, 1.165) is 16.7 Å². The molecule has 0 heterocycles. The summed E-state index contributed by atoms with van der Waals surface area (Å²) in [5.41, 5.74) is 1.79. The van der Waals surface area contributed by atoms with Crippen LogP contribution in [-0.4, -0.2) is 5.11 Å². The van der Waals surface area contributed by atoms with Gasteiger partial charge in [-0.25, -0.2) is 0 Å². The van der Waals surface area contributed by atoms with Crippen molar-refractivity contribution in [3.63, 3.8) is 0 Å². The molecule has 100 valence electrons. The highest BCUT2D eigenvalue weighted by atomic mass is 35.5. The van der Waals surface area contributed by atoms with Crippen LogP contribution in [0.1, 0.15) is 23.6 Å². The first-order valence-electron chi connectivity index (χ1n) is 6.12. The Bertz CT molecular complexity index is 554. The van der Waals surface area contributed by atoms with Gasteiger partial charge in [0, 0.05) is 16.5 Å². The highest BCUT2D eigenvalue weighted by molar-refractivity contribution is 6.36. The molecule has 2 aromatic carbocycles. The van der Waals surface area contributed by atoms with Gasteiger partial charge >= 0.3 is 0 Å². The molecule has 0 amide bonds. The van der Waals surface area contributed by atoms with E-state index in [1.165, 1.54) is 0 Å². The van der Waals surface area contributed by atoms with Gasteiger partial charge in [-0.3, -0.25) is 0 Å². The molecule has 0 radical (unpaired) electrons. The fourth-order valence-electron chi connectivity index (χ4n) is 2.06. The van der Waals surface area contributed by atoms with Crippen molar-refractivity contribution in [1.29, 1.82) is 0 Å². The summed E-state index contributed by atoms with van der Waals surface area (Å²) in [6, 6.07) is 13.2. The molecule has 3 heteroatoms. The quantitative estimate of drug-likeness (QED) is 0.866. The minimum absolute atomic E-state index is 0.383. The smallest absolute Gasteiger partial charge is 0.0909 e. The maximum atomic E-state index is 10.7. The number of aliphatic hydroxyl groups is 1. The summed E-state index contributed by atoms with van der Waals surface area (Å²) in [6.07, 6.45) is 0.383. The average Bonchev–Trinajstić information content (AvgIpc) is 2.35. The summed E-state index contributed by atoms with van der Waals surface area (Å²) >= 11 is 12.3. The Balaban J connectivity index is 2.33. The SMILES string of the molecule is Cc1ccc(C(C)(O)Cc2c(Cl)cccc2Cl)cc1. The summed E-state index contributed by atoms with van der Waals surface area (Å²) in [5, 5.41) is 11.8. The molecule has 0 fully saturated rings. The summed E-state index contributed by atoms with van der Waals surface area (Å²) < 4.78 is 0. The molecule has 0 aliphatic heterocycles. The van der Waals surface area contributed by atoms with Gasteiger partial charge in [0.25, 0.3) is 0 Å². The van der Waals surface area contributed by atoms with E-state index in [1.807, 2.05) is 31.2 Å². The first kappa shape index (κ1) is 14.4. The van der Waals surface area contributed by atoms with Crippen LogP contribution < -0.4 is 0 Å². The van der Waals surface area contributed by atoms with Crippen LogP contribution >= 0.6 is 23.2 Å². The molecule has 0 bridgehead atoms. The molecular weight excluding hydrogens is 279 g/mol. The number of benzene rings is 2. The molecule has 0 saturated heterocycles. The maximum Gasteiger partial charge on any atom is 0.0909 e. The van der Waals surface area contributed by atoms with Crippen molar-refractivity contribution >= 4 is 23.2 Å². The molecule has 1 unspecified atom stereocenters. The van der Waals surface area contributed by atoms with E-state index < -0.39 is 5.60 Å². The van der Waals surface area contributed by atoms with E-state index in [4.69, 9.17) is 23.2 Å². The Hall–Kier alpha value is -1.02. The molecule has 0 aliphatic rings. The monoisotopic (exact) mass is 294 g/mol. The van der Waals surface area contributed by atoms with E-state index in [2.05, 4.69) is 0 Å². The van der Waals surface area contributed by atoms with Crippen LogP contribution in [0.15, 0.2) is 42.5 Å². The highest BCUT2D eigenvalue weighted by Gasteiger charge is 2.25. The predicted octanol–water partition coefficient (Wildman–Crippen LogP) is 4.75.